The lowest BCUT2D eigenvalue weighted by atomic mass is 9.96. The maximum Gasteiger partial charge on any atom is 0.295 e. The molecule has 0 bridgehead atoms. The number of hydrogen-bond acceptors (Lipinski definition) is 6. The number of benzene rings is 1. The van der Waals surface area contributed by atoms with Gasteiger partial charge in [0, 0.05) is 31.1 Å². The summed E-state index contributed by atoms with van der Waals surface area (Å²) in [6.45, 7) is 0.946. The highest BCUT2D eigenvalue weighted by Gasteiger charge is 2.47. The second-order valence-corrected chi connectivity index (χ2v) is 7.10. The molecule has 0 spiro atoms. The zero-order chi connectivity index (χ0) is 20.4. The van der Waals surface area contributed by atoms with Crippen LogP contribution in [0.3, 0.4) is 0 Å². The van der Waals surface area contributed by atoms with Gasteiger partial charge in [0.2, 0.25) is 0 Å². The average Bonchev–Trinajstić information content (AvgIpc) is 3.36. The van der Waals surface area contributed by atoms with Crippen LogP contribution in [0.1, 0.15) is 30.0 Å². The van der Waals surface area contributed by atoms with Crippen LogP contribution in [-0.2, 0) is 14.3 Å². The molecule has 150 valence electrons. The maximum atomic E-state index is 12.9. The Bertz CT molecular complexity index is 933. The summed E-state index contributed by atoms with van der Waals surface area (Å²) in [7, 11) is 1.55. The molecule has 0 saturated carbocycles. The van der Waals surface area contributed by atoms with Crippen LogP contribution in [0.15, 0.2) is 54.4 Å². The number of ether oxygens (including phenoxy) is 2. The lowest BCUT2D eigenvalue weighted by Crippen LogP contribution is -2.36. The second-order valence-electron chi connectivity index (χ2n) is 7.10. The van der Waals surface area contributed by atoms with E-state index in [1.54, 1.807) is 55.9 Å². The molecular formula is C22H22N2O5. The number of hydrogen-bond donors (Lipinski definition) is 1. The fourth-order valence-corrected chi connectivity index (χ4v) is 3.86. The predicted octanol–water partition coefficient (Wildman–Crippen LogP) is 2.69. The number of methoxy groups -OCH3 is 1. The smallest absolute Gasteiger partial charge is 0.295 e. The van der Waals surface area contributed by atoms with Crippen LogP contribution >= 0.6 is 0 Å². The number of aliphatic hydroxyl groups is 1. The molecular weight excluding hydrogens is 372 g/mol. The van der Waals surface area contributed by atoms with Gasteiger partial charge >= 0.3 is 0 Å². The largest absolute Gasteiger partial charge is 0.507 e. The Balaban J connectivity index is 1.79. The van der Waals surface area contributed by atoms with E-state index in [2.05, 4.69) is 4.98 Å². The van der Waals surface area contributed by atoms with Gasteiger partial charge in [-0.2, -0.15) is 0 Å². The molecule has 2 aromatic rings. The van der Waals surface area contributed by atoms with Crippen molar-refractivity contribution in [2.45, 2.75) is 25.0 Å². The maximum absolute atomic E-state index is 12.9. The molecule has 4 rings (SSSR count). The minimum atomic E-state index is -0.713. The third-order valence-corrected chi connectivity index (χ3v) is 5.33. The quantitative estimate of drug-likeness (QED) is 0.477. The van der Waals surface area contributed by atoms with Crippen LogP contribution in [0.2, 0.25) is 0 Å². The molecule has 7 heteroatoms. The summed E-state index contributed by atoms with van der Waals surface area (Å²) in [6, 6.07) is 9.52. The number of nitrogens with zero attached hydrogens (tertiary/aromatic N) is 2. The number of carbonyl (C=O) groups is 2. The van der Waals surface area contributed by atoms with E-state index in [4.69, 9.17) is 9.47 Å². The van der Waals surface area contributed by atoms with E-state index in [1.807, 2.05) is 0 Å². The molecule has 2 aliphatic rings. The van der Waals surface area contributed by atoms with E-state index < -0.39 is 17.7 Å². The monoisotopic (exact) mass is 394 g/mol. The zero-order valence-corrected chi connectivity index (χ0v) is 16.1. The summed E-state index contributed by atoms with van der Waals surface area (Å²) < 4.78 is 10.8. The van der Waals surface area contributed by atoms with Gasteiger partial charge in [0.15, 0.2) is 0 Å². The van der Waals surface area contributed by atoms with Gasteiger partial charge in [0.1, 0.15) is 11.5 Å². The first-order chi connectivity index (χ1) is 14.1. The van der Waals surface area contributed by atoms with Crippen molar-refractivity contribution in [3.8, 4) is 5.75 Å². The van der Waals surface area contributed by atoms with Crippen LogP contribution in [0.5, 0.6) is 5.75 Å². The highest BCUT2D eigenvalue weighted by molar-refractivity contribution is 6.46. The standard InChI is InChI=1S/C22H22N2O5/c1-28-16-8-6-14(7-9-16)20(25)18-19(15-4-2-10-23-12-15)24(22(27)21(18)26)13-17-5-3-11-29-17/h2,4,6-10,12,17,19,25H,3,5,11,13H2,1H3/t17-,19-/m0/s1. The molecule has 7 nitrogen and oxygen atoms in total. The highest BCUT2D eigenvalue weighted by Crippen LogP contribution is 2.39. The Morgan fingerprint density at radius 2 is 2.07 bits per heavy atom. The molecule has 1 aromatic carbocycles. The molecule has 2 saturated heterocycles. The van der Waals surface area contributed by atoms with Crippen molar-refractivity contribution < 1.29 is 24.2 Å². The van der Waals surface area contributed by atoms with Gasteiger partial charge in [0.25, 0.3) is 11.7 Å². The van der Waals surface area contributed by atoms with Crippen molar-refractivity contribution in [3.63, 3.8) is 0 Å². The number of pyridine rings is 1. The number of rotatable bonds is 5. The Hall–Kier alpha value is -3.19. The van der Waals surface area contributed by atoms with Gasteiger partial charge in [-0.3, -0.25) is 14.6 Å². The Morgan fingerprint density at radius 3 is 2.69 bits per heavy atom. The number of likely N-dealkylation sites (tertiary alicyclic amines) is 1. The third-order valence-electron chi connectivity index (χ3n) is 5.33. The number of aliphatic hydroxyl groups excluding tert-OH is 1. The fourth-order valence-electron chi connectivity index (χ4n) is 3.86. The van der Waals surface area contributed by atoms with Crippen molar-refractivity contribution in [2.75, 3.05) is 20.3 Å². The number of Topliss-reactive ketones (excluding diaryl/α,β-unsaturated/α-hetero) is 1. The van der Waals surface area contributed by atoms with Crippen LogP contribution in [-0.4, -0.2) is 53.0 Å². The zero-order valence-electron chi connectivity index (χ0n) is 16.1. The van der Waals surface area contributed by atoms with E-state index in [9.17, 15) is 14.7 Å². The molecule has 2 fully saturated rings. The molecule has 1 N–H and O–H groups in total. The minimum absolute atomic E-state index is 0.0613. The lowest BCUT2D eigenvalue weighted by Gasteiger charge is -2.27. The van der Waals surface area contributed by atoms with Gasteiger partial charge in [-0.15, -0.1) is 0 Å². The summed E-state index contributed by atoms with van der Waals surface area (Å²) in [4.78, 5) is 31.4. The molecule has 0 radical (unpaired) electrons. The van der Waals surface area contributed by atoms with Gasteiger partial charge < -0.3 is 19.5 Å². The molecule has 2 aliphatic heterocycles. The summed E-state index contributed by atoms with van der Waals surface area (Å²) >= 11 is 0. The van der Waals surface area contributed by atoms with Crippen molar-refractivity contribution in [2.24, 2.45) is 0 Å². The number of carbonyl (C=O) groups excluding carboxylic acids is 2. The molecule has 29 heavy (non-hydrogen) atoms. The summed E-state index contributed by atoms with van der Waals surface area (Å²) in [5, 5.41) is 11.0. The van der Waals surface area contributed by atoms with Gasteiger partial charge in [-0.05, 0) is 48.7 Å². The Kier molecular flexibility index (Phi) is 5.31. The minimum Gasteiger partial charge on any atom is -0.507 e. The van der Waals surface area contributed by atoms with Crippen LogP contribution < -0.4 is 4.74 Å². The SMILES string of the molecule is COc1ccc(C(O)=C2C(=O)C(=O)N(C[C@@H]3CCCO3)[C@H]2c2cccnc2)cc1. The van der Waals surface area contributed by atoms with Gasteiger partial charge in [-0.1, -0.05) is 6.07 Å². The summed E-state index contributed by atoms with van der Waals surface area (Å²) in [5.41, 5.74) is 1.17. The van der Waals surface area contributed by atoms with Crippen LogP contribution in [0.25, 0.3) is 5.76 Å². The second kappa shape index (κ2) is 8.05. The first kappa shape index (κ1) is 19.1. The Morgan fingerprint density at radius 1 is 1.28 bits per heavy atom. The predicted molar refractivity (Wildman–Crippen MR) is 105 cm³/mol. The van der Waals surface area contributed by atoms with E-state index in [0.717, 1.165) is 12.8 Å². The highest BCUT2D eigenvalue weighted by atomic mass is 16.5. The fraction of sp³-hybridized carbons (Fsp3) is 0.318. The normalized spacial score (nSPS) is 23.6. The van der Waals surface area contributed by atoms with Gasteiger partial charge in [-0.25, -0.2) is 0 Å². The van der Waals surface area contributed by atoms with Gasteiger partial charge in [0.05, 0.1) is 24.8 Å². The number of amides is 1. The van der Waals surface area contributed by atoms with Crippen molar-refractivity contribution in [1.82, 2.24) is 9.88 Å². The molecule has 3 heterocycles. The van der Waals surface area contributed by atoms with Crippen LogP contribution in [0, 0.1) is 0 Å². The van der Waals surface area contributed by atoms with E-state index in [-0.39, 0.29) is 17.4 Å². The Labute approximate surface area is 168 Å². The summed E-state index contributed by atoms with van der Waals surface area (Å²) in [5.74, 6) is -0.923. The van der Waals surface area contributed by atoms with E-state index in [0.29, 0.717) is 30.0 Å². The first-order valence-corrected chi connectivity index (χ1v) is 9.54. The molecule has 1 aromatic heterocycles. The molecule has 0 unspecified atom stereocenters. The number of aromatic nitrogens is 1. The molecule has 2 atom stereocenters. The first-order valence-electron chi connectivity index (χ1n) is 9.54. The third kappa shape index (κ3) is 3.61. The van der Waals surface area contributed by atoms with Crippen LogP contribution in [0.4, 0.5) is 0 Å². The van der Waals surface area contributed by atoms with Crippen molar-refractivity contribution in [1.29, 1.82) is 0 Å². The van der Waals surface area contributed by atoms with E-state index >= 15 is 0 Å². The summed E-state index contributed by atoms with van der Waals surface area (Å²) in [6.07, 6.45) is 4.88. The average molecular weight is 394 g/mol. The van der Waals surface area contributed by atoms with Crippen molar-refractivity contribution >= 4 is 17.4 Å². The lowest BCUT2D eigenvalue weighted by molar-refractivity contribution is -0.140. The number of ketones is 1. The van der Waals surface area contributed by atoms with E-state index in [1.165, 1.54) is 4.90 Å². The topological polar surface area (TPSA) is 89.0 Å². The van der Waals surface area contributed by atoms with Crippen molar-refractivity contribution in [3.05, 3.63) is 65.5 Å². The molecule has 1 amide bonds. The molecule has 0 aliphatic carbocycles.